The Morgan fingerprint density at radius 3 is 2.62 bits per heavy atom. The minimum Gasteiger partial charge on any atom is -0.495 e. The van der Waals surface area contributed by atoms with Crippen LogP contribution in [0.4, 0.5) is 11.5 Å². The highest BCUT2D eigenvalue weighted by Crippen LogP contribution is 2.29. The fraction of sp³-hybridized carbons (Fsp3) is 0.214. The van der Waals surface area contributed by atoms with Crippen LogP contribution in [-0.4, -0.2) is 30.2 Å². The van der Waals surface area contributed by atoms with E-state index in [0.29, 0.717) is 33.8 Å². The van der Waals surface area contributed by atoms with Gasteiger partial charge in [-0.15, -0.1) is 0 Å². The monoisotopic (exact) mass is 307 g/mol. The molecule has 0 bridgehead atoms. The first-order valence-corrected chi connectivity index (χ1v) is 6.46. The Labute approximate surface area is 127 Å². The number of benzene rings is 1. The number of nitrogens with one attached hydrogen (secondary N) is 1. The van der Waals surface area contributed by atoms with E-state index in [0.717, 1.165) is 0 Å². The lowest BCUT2D eigenvalue weighted by atomic mass is 10.2. The van der Waals surface area contributed by atoms with Crippen molar-refractivity contribution >= 4 is 29.1 Å². The molecule has 0 atom stereocenters. The molecule has 1 heterocycles. The number of ether oxygens (including phenoxy) is 2. The summed E-state index contributed by atoms with van der Waals surface area (Å²) in [6.45, 7) is 1.74. The first-order chi connectivity index (χ1) is 10.0. The highest BCUT2D eigenvalue weighted by molar-refractivity contribution is 6.29. The van der Waals surface area contributed by atoms with Gasteiger partial charge in [0.1, 0.15) is 22.5 Å². The van der Waals surface area contributed by atoms with Gasteiger partial charge in [0.25, 0.3) is 0 Å². The lowest BCUT2D eigenvalue weighted by Gasteiger charge is -2.12. The minimum atomic E-state index is -0.433. The van der Waals surface area contributed by atoms with E-state index in [1.165, 1.54) is 14.2 Å². The molecule has 7 heteroatoms. The molecule has 0 unspecified atom stereocenters. The summed E-state index contributed by atoms with van der Waals surface area (Å²) < 4.78 is 9.95. The number of hydrogen-bond donors (Lipinski definition) is 1. The van der Waals surface area contributed by atoms with Crippen LogP contribution in [0.3, 0.4) is 0 Å². The van der Waals surface area contributed by atoms with Crippen LogP contribution in [0.25, 0.3) is 0 Å². The molecular weight excluding hydrogens is 294 g/mol. The van der Waals surface area contributed by atoms with Crippen molar-refractivity contribution in [2.45, 2.75) is 6.92 Å². The second-order valence-electron chi connectivity index (χ2n) is 4.15. The highest BCUT2D eigenvalue weighted by atomic mass is 35.5. The van der Waals surface area contributed by atoms with Crippen LogP contribution >= 0.6 is 11.6 Å². The zero-order valence-electron chi connectivity index (χ0n) is 11.8. The summed E-state index contributed by atoms with van der Waals surface area (Å²) >= 11 is 5.90. The number of rotatable bonds is 4. The summed E-state index contributed by atoms with van der Waals surface area (Å²) in [7, 11) is 2.86. The van der Waals surface area contributed by atoms with Gasteiger partial charge in [-0.3, -0.25) is 0 Å². The number of esters is 1. The predicted molar refractivity (Wildman–Crippen MR) is 79.4 cm³/mol. The third-order valence-corrected chi connectivity index (χ3v) is 2.88. The number of methoxy groups -OCH3 is 2. The molecule has 1 aromatic heterocycles. The summed E-state index contributed by atoms with van der Waals surface area (Å²) in [5.74, 6) is 1.17. The number of hydrogen-bond acceptors (Lipinski definition) is 6. The van der Waals surface area contributed by atoms with E-state index in [1.54, 1.807) is 31.2 Å². The van der Waals surface area contributed by atoms with Crippen LogP contribution < -0.4 is 10.1 Å². The molecule has 0 saturated carbocycles. The molecule has 1 aromatic carbocycles. The average Bonchev–Trinajstić information content (AvgIpc) is 2.45. The second kappa shape index (κ2) is 6.41. The number of aromatic nitrogens is 2. The SMILES string of the molecule is COC(=O)c1ccc(OC)c(Nc2cc(Cl)nc(C)n2)c1. The predicted octanol–water partition coefficient (Wildman–Crippen LogP) is 2.98. The molecule has 6 nitrogen and oxygen atoms in total. The van der Waals surface area contributed by atoms with E-state index in [9.17, 15) is 4.79 Å². The van der Waals surface area contributed by atoms with Crippen LogP contribution in [0, 0.1) is 6.92 Å². The van der Waals surface area contributed by atoms with Crippen molar-refractivity contribution in [2.24, 2.45) is 0 Å². The van der Waals surface area contributed by atoms with Gasteiger partial charge in [-0.25, -0.2) is 14.8 Å². The van der Waals surface area contributed by atoms with E-state index in [4.69, 9.17) is 21.1 Å². The van der Waals surface area contributed by atoms with Crippen molar-refractivity contribution in [2.75, 3.05) is 19.5 Å². The van der Waals surface area contributed by atoms with Gasteiger partial charge in [0.15, 0.2) is 0 Å². The van der Waals surface area contributed by atoms with Crippen molar-refractivity contribution in [3.63, 3.8) is 0 Å². The molecule has 2 rings (SSSR count). The summed E-state index contributed by atoms with van der Waals surface area (Å²) in [5.41, 5.74) is 0.979. The number of nitrogens with zero attached hydrogens (tertiary/aromatic N) is 2. The molecule has 2 aromatic rings. The number of halogens is 1. The van der Waals surface area contributed by atoms with Gasteiger partial charge in [0.2, 0.25) is 0 Å². The van der Waals surface area contributed by atoms with Gasteiger partial charge >= 0.3 is 5.97 Å². The van der Waals surface area contributed by atoms with Crippen molar-refractivity contribution < 1.29 is 14.3 Å². The second-order valence-corrected chi connectivity index (χ2v) is 4.54. The molecule has 0 amide bonds. The van der Waals surface area contributed by atoms with Crippen molar-refractivity contribution in [3.8, 4) is 5.75 Å². The van der Waals surface area contributed by atoms with Gasteiger partial charge < -0.3 is 14.8 Å². The molecule has 0 aliphatic heterocycles. The maximum Gasteiger partial charge on any atom is 0.337 e. The Morgan fingerprint density at radius 1 is 1.24 bits per heavy atom. The number of carbonyl (C=O) groups excluding carboxylic acids is 1. The zero-order chi connectivity index (χ0) is 15.4. The van der Waals surface area contributed by atoms with E-state index >= 15 is 0 Å². The molecule has 0 aliphatic carbocycles. The van der Waals surface area contributed by atoms with Gasteiger partial charge in [0, 0.05) is 6.07 Å². The van der Waals surface area contributed by atoms with E-state index < -0.39 is 5.97 Å². The van der Waals surface area contributed by atoms with Crippen molar-refractivity contribution in [1.29, 1.82) is 0 Å². The van der Waals surface area contributed by atoms with Gasteiger partial charge in [-0.2, -0.15) is 0 Å². The molecule has 0 fully saturated rings. The summed E-state index contributed by atoms with van der Waals surface area (Å²) in [5, 5.41) is 3.38. The first-order valence-electron chi connectivity index (χ1n) is 6.08. The van der Waals surface area contributed by atoms with Crippen LogP contribution in [0.5, 0.6) is 5.75 Å². The normalized spacial score (nSPS) is 10.1. The lowest BCUT2D eigenvalue weighted by Crippen LogP contribution is -2.04. The fourth-order valence-electron chi connectivity index (χ4n) is 1.78. The third kappa shape index (κ3) is 3.61. The average molecular weight is 308 g/mol. The number of aryl methyl sites for hydroxylation is 1. The van der Waals surface area contributed by atoms with Crippen LogP contribution in [0.1, 0.15) is 16.2 Å². The molecule has 21 heavy (non-hydrogen) atoms. The molecule has 0 radical (unpaired) electrons. The third-order valence-electron chi connectivity index (χ3n) is 2.69. The Morgan fingerprint density at radius 2 is 2.00 bits per heavy atom. The highest BCUT2D eigenvalue weighted by Gasteiger charge is 2.11. The van der Waals surface area contributed by atoms with Crippen LogP contribution in [0.2, 0.25) is 5.15 Å². The maximum atomic E-state index is 11.6. The van der Waals surface area contributed by atoms with Crippen LogP contribution in [0.15, 0.2) is 24.3 Å². The largest absolute Gasteiger partial charge is 0.495 e. The zero-order valence-corrected chi connectivity index (χ0v) is 12.6. The topological polar surface area (TPSA) is 73.3 Å². The van der Waals surface area contributed by atoms with Gasteiger partial charge in [-0.05, 0) is 25.1 Å². The van der Waals surface area contributed by atoms with Crippen LogP contribution in [-0.2, 0) is 4.74 Å². The summed E-state index contributed by atoms with van der Waals surface area (Å²) in [6, 6.07) is 6.49. The van der Waals surface area contributed by atoms with Gasteiger partial charge in [0.05, 0.1) is 25.5 Å². The minimum absolute atomic E-state index is 0.327. The molecule has 0 spiro atoms. The summed E-state index contributed by atoms with van der Waals surface area (Å²) in [4.78, 5) is 19.8. The summed E-state index contributed by atoms with van der Waals surface area (Å²) in [6.07, 6.45) is 0. The van der Waals surface area contributed by atoms with Crippen molar-refractivity contribution in [1.82, 2.24) is 9.97 Å². The van der Waals surface area contributed by atoms with Gasteiger partial charge in [-0.1, -0.05) is 11.6 Å². The van der Waals surface area contributed by atoms with Crippen molar-refractivity contribution in [3.05, 3.63) is 40.8 Å². The molecule has 0 saturated heterocycles. The van der Waals surface area contributed by atoms with E-state index in [-0.39, 0.29) is 0 Å². The molecule has 0 aliphatic rings. The standard InChI is InChI=1S/C14H14ClN3O3/c1-8-16-12(15)7-13(17-8)18-10-6-9(14(19)21-3)4-5-11(10)20-2/h4-7H,1-3H3,(H,16,17,18). The Bertz CT molecular complexity index is 656. The smallest absolute Gasteiger partial charge is 0.337 e. The first kappa shape index (κ1) is 15.1. The number of carbonyl (C=O) groups is 1. The Kier molecular flexibility index (Phi) is 4.59. The lowest BCUT2D eigenvalue weighted by molar-refractivity contribution is 0.0601. The molecule has 1 N–H and O–H groups in total. The Hall–Kier alpha value is -2.34. The molecular formula is C14H14ClN3O3. The Balaban J connectivity index is 2.39. The molecule has 110 valence electrons. The number of anilines is 2. The van der Waals surface area contributed by atoms with E-state index in [2.05, 4.69) is 15.3 Å². The van der Waals surface area contributed by atoms with E-state index in [1.807, 2.05) is 0 Å². The maximum absolute atomic E-state index is 11.6. The quantitative estimate of drug-likeness (QED) is 0.691. The fourth-order valence-corrected chi connectivity index (χ4v) is 2.01.